The molecule has 0 spiro atoms. The fourth-order valence-corrected chi connectivity index (χ4v) is 3.55. The van der Waals surface area contributed by atoms with Gasteiger partial charge in [-0.05, 0) is 35.1 Å². The monoisotopic (exact) mass is 522 g/mol. The van der Waals surface area contributed by atoms with E-state index in [2.05, 4.69) is 76.0 Å². The summed E-state index contributed by atoms with van der Waals surface area (Å²) in [5.41, 5.74) is 5.42. The molecule has 30 heavy (non-hydrogen) atoms. The minimum absolute atomic E-state index is 0. The summed E-state index contributed by atoms with van der Waals surface area (Å²) in [7, 11) is 1.82. The Morgan fingerprint density at radius 2 is 1.63 bits per heavy atom. The van der Waals surface area contributed by atoms with Crippen molar-refractivity contribution in [3.8, 4) is 0 Å². The first-order chi connectivity index (χ1) is 14.3. The summed E-state index contributed by atoms with van der Waals surface area (Å²) >= 11 is 0. The van der Waals surface area contributed by atoms with Crippen LogP contribution in [0.1, 0.15) is 29.2 Å². The van der Waals surface area contributed by atoms with Crippen LogP contribution in [0.15, 0.2) is 53.5 Å². The second-order valence-electron chi connectivity index (χ2n) is 7.43. The molecule has 6 heteroatoms. The second kappa shape index (κ2) is 13.6. The van der Waals surface area contributed by atoms with Gasteiger partial charge in [0.05, 0.1) is 13.2 Å². The number of ether oxygens (including phenoxy) is 1. The van der Waals surface area contributed by atoms with Crippen LogP contribution in [0.3, 0.4) is 0 Å². The van der Waals surface area contributed by atoms with E-state index in [4.69, 9.17) is 4.74 Å². The van der Waals surface area contributed by atoms with Gasteiger partial charge in [0.2, 0.25) is 0 Å². The van der Waals surface area contributed by atoms with Gasteiger partial charge >= 0.3 is 0 Å². The summed E-state index contributed by atoms with van der Waals surface area (Å²) in [5, 5.41) is 6.89. The molecule has 0 saturated carbocycles. The lowest BCUT2D eigenvalue weighted by Gasteiger charge is -2.27. The lowest BCUT2D eigenvalue weighted by molar-refractivity contribution is 0.0341. The van der Waals surface area contributed by atoms with Crippen LogP contribution in [0.5, 0.6) is 0 Å². The number of aliphatic imine (C=N–C) groups is 1. The maximum absolute atomic E-state index is 5.46. The third-order valence-corrected chi connectivity index (χ3v) is 5.42. The van der Waals surface area contributed by atoms with Gasteiger partial charge in [-0.2, -0.15) is 0 Å². The van der Waals surface area contributed by atoms with E-state index in [-0.39, 0.29) is 24.0 Å². The standard InChI is InChI=1S/C24H34N4O.HI/c1-3-20-8-10-21(11-9-20)12-13-26-24(25-2)27-18-22-6-4-5-7-23(22)19-28-14-16-29-17-15-28;/h4-11H,3,12-19H2,1-2H3,(H2,25,26,27);1H. The van der Waals surface area contributed by atoms with Crippen molar-refractivity contribution in [3.05, 3.63) is 70.8 Å². The Balaban J connectivity index is 0.00000320. The van der Waals surface area contributed by atoms with Gasteiger partial charge < -0.3 is 15.4 Å². The molecule has 0 bridgehead atoms. The van der Waals surface area contributed by atoms with Crippen molar-refractivity contribution in [2.45, 2.75) is 32.9 Å². The molecule has 0 radical (unpaired) electrons. The summed E-state index contributed by atoms with van der Waals surface area (Å²) in [5.74, 6) is 0.844. The number of aryl methyl sites for hydroxylation is 1. The van der Waals surface area contributed by atoms with Crippen molar-refractivity contribution in [2.24, 2.45) is 4.99 Å². The van der Waals surface area contributed by atoms with E-state index >= 15 is 0 Å². The molecule has 2 aromatic rings. The fourth-order valence-electron chi connectivity index (χ4n) is 3.55. The Kier molecular flexibility index (Phi) is 11.2. The van der Waals surface area contributed by atoms with Crippen LogP contribution in [0, 0.1) is 0 Å². The highest BCUT2D eigenvalue weighted by Crippen LogP contribution is 2.13. The minimum Gasteiger partial charge on any atom is -0.379 e. The van der Waals surface area contributed by atoms with Gasteiger partial charge in [-0.15, -0.1) is 24.0 Å². The summed E-state index contributed by atoms with van der Waals surface area (Å²) < 4.78 is 5.46. The molecular formula is C24H35IN4O. The van der Waals surface area contributed by atoms with E-state index in [1.807, 2.05) is 7.05 Å². The van der Waals surface area contributed by atoms with Crippen molar-refractivity contribution in [2.75, 3.05) is 39.9 Å². The molecule has 5 nitrogen and oxygen atoms in total. The molecule has 0 unspecified atom stereocenters. The fraction of sp³-hybridized carbons (Fsp3) is 0.458. The van der Waals surface area contributed by atoms with Crippen molar-refractivity contribution in [1.82, 2.24) is 15.5 Å². The molecule has 2 aromatic carbocycles. The number of halogens is 1. The average molecular weight is 522 g/mol. The number of nitrogens with one attached hydrogen (secondary N) is 2. The average Bonchev–Trinajstić information content (AvgIpc) is 2.78. The Morgan fingerprint density at radius 1 is 0.967 bits per heavy atom. The van der Waals surface area contributed by atoms with E-state index in [1.54, 1.807) is 0 Å². The van der Waals surface area contributed by atoms with Crippen LogP contribution in [-0.2, 0) is 30.7 Å². The van der Waals surface area contributed by atoms with Gasteiger partial charge in [-0.25, -0.2) is 0 Å². The van der Waals surface area contributed by atoms with Crippen LogP contribution in [0.2, 0.25) is 0 Å². The molecule has 1 saturated heterocycles. The minimum atomic E-state index is 0. The van der Waals surface area contributed by atoms with Crippen LogP contribution < -0.4 is 10.6 Å². The molecule has 1 heterocycles. The zero-order valence-electron chi connectivity index (χ0n) is 18.2. The van der Waals surface area contributed by atoms with Crippen molar-refractivity contribution in [1.29, 1.82) is 0 Å². The molecule has 3 rings (SSSR count). The molecule has 2 N–H and O–H groups in total. The summed E-state index contributed by atoms with van der Waals surface area (Å²) in [6.45, 7) is 8.46. The predicted molar refractivity (Wildman–Crippen MR) is 136 cm³/mol. The Labute approximate surface area is 198 Å². The molecule has 0 amide bonds. The van der Waals surface area contributed by atoms with E-state index in [9.17, 15) is 0 Å². The molecular weight excluding hydrogens is 487 g/mol. The normalized spacial score (nSPS) is 14.8. The largest absolute Gasteiger partial charge is 0.379 e. The molecule has 1 aliphatic heterocycles. The van der Waals surface area contributed by atoms with Gasteiger partial charge in [-0.3, -0.25) is 9.89 Å². The zero-order valence-corrected chi connectivity index (χ0v) is 20.5. The first-order valence-electron chi connectivity index (χ1n) is 10.7. The quantitative estimate of drug-likeness (QED) is 0.316. The maximum atomic E-state index is 5.46. The highest BCUT2D eigenvalue weighted by molar-refractivity contribution is 14.0. The molecule has 164 valence electrons. The molecule has 0 aliphatic carbocycles. The summed E-state index contributed by atoms with van der Waals surface area (Å²) in [4.78, 5) is 6.83. The predicted octanol–water partition coefficient (Wildman–Crippen LogP) is 3.61. The van der Waals surface area contributed by atoms with Gasteiger partial charge in [0.1, 0.15) is 0 Å². The van der Waals surface area contributed by atoms with Crippen molar-refractivity contribution < 1.29 is 4.74 Å². The highest BCUT2D eigenvalue weighted by Gasteiger charge is 2.12. The van der Waals surface area contributed by atoms with Gasteiger partial charge in [0.15, 0.2) is 5.96 Å². The Morgan fingerprint density at radius 3 is 2.30 bits per heavy atom. The number of hydrogen-bond donors (Lipinski definition) is 2. The number of rotatable bonds is 8. The third-order valence-electron chi connectivity index (χ3n) is 5.42. The molecule has 0 aromatic heterocycles. The number of guanidine groups is 1. The molecule has 0 atom stereocenters. The molecule has 1 fully saturated rings. The second-order valence-corrected chi connectivity index (χ2v) is 7.43. The number of morpholine rings is 1. The van der Waals surface area contributed by atoms with Gasteiger partial charge in [0.25, 0.3) is 0 Å². The zero-order chi connectivity index (χ0) is 20.3. The van der Waals surface area contributed by atoms with Crippen molar-refractivity contribution in [3.63, 3.8) is 0 Å². The van der Waals surface area contributed by atoms with Crippen LogP contribution in [0.4, 0.5) is 0 Å². The summed E-state index contributed by atoms with van der Waals surface area (Å²) in [6.07, 6.45) is 2.07. The van der Waals surface area contributed by atoms with E-state index in [0.717, 1.165) is 64.7 Å². The van der Waals surface area contributed by atoms with Crippen molar-refractivity contribution >= 4 is 29.9 Å². The Hall–Kier alpha value is -1.64. The van der Waals surface area contributed by atoms with E-state index in [1.165, 1.54) is 22.3 Å². The van der Waals surface area contributed by atoms with Crippen LogP contribution in [-0.4, -0.2) is 50.8 Å². The smallest absolute Gasteiger partial charge is 0.191 e. The maximum Gasteiger partial charge on any atom is 0.191 e. The lowest BCUT2D eigenvalue weighted by atomic mass is 10.1. The number of hydrogen-bond acceptors (Lipinski definition) is 3. The lowest BCUT2D eigenvalue weighted by Crippen LogP contribution is -2.38. The van der Waals surface area contributed by atoms with Crippen LogP contribution >= 0.6 is 24.0 Å². The number of benzene rings is 2. The van der Waals surface area contributed by atoms with E-state index < -0.39 is 0 Å². The topological polar surface area (TPSA) is 48.9 Å². The SMILES string of the molecule is CCc1ccc(CCNC(=NC)NCc2ccccc2CN2CCOCC2)cc1.I. The summed E-state index contributed by atoms with van der Waals surface area (Å²) in [6, 6.07) is 17.5. The first kappa shape index (κ1) is 24.6. The van der Waals surface area contributed by atoms with Crippen LogP contribution in [0.25, 0.3) is 0 Å². The molecule has 1 aliphatic rings. The Bertz CT molecular complexity index is 773. The highest BCUT2D eigenvalue weighted by atomic mass is 127. The van der Waals surface area contributed by atoms with Gasteiger partial charge in [-0.1, -0.05) is 55.5 Å². The third kappa shape index (κ3) is 7.89. The first-order valence-corrected chi connectivity index (χ1v) is 10.7. The number of nitrogens with zero attached hydrogens (tertiary/aromatic N) is 2. The van der Waals surface area contributed by atoms with E-state index in [0.29, 0.717) is 0 Å². The van der Waals surface area contributed by atoms with Gasteiger partial charge in [0, 0.05) is 39.8 Å².